The Kier molecular flexibility index (Phi) is 19.1. The highest BCUT2D eigenvalue weighted by molar-refractivity contribution is 7.19. The Hall–Kier alpha value is -4.45. The van der Waals surface area contributed by atoms with Crippen LogP contribution in [0.4, 0.5) is 11.4 Å². The van der Waals surface area contributed by atoms with Gasteiger partial charge in [0.2, 0.25) is 16.0 Å². The molecule has 0 bridgehead atoms. The van der Waals surface area contributed by atoms with E-state index in [0.29, 0.717) is 23.0 Å². The molecule has 8 rings (SSSR count). The molecule has 4 aromatic carbocycles. The lowest BCUT2D eigenvalue weighted by Gasteiger charge is -2.20. The van der Waals surface area contributed by atoms with E-state index in [4.69, 9.17) is 8.83 Å². The number of nitrogens with zero attached hydrogens (tertiary/aromatic N) is 4. The highest BCUT2D eigenvalue weighted by Crippen LogP contribution is 2.25. The van der Waals surface area contributed by atoms with E-state index in [2.05, 4.69) is 103 Å². The average Bonchev–Trinajstić information content (AvgIpc) is 3.71. The van der Waals surface area contributed by atoms with Gasteiger partial charge < -0.3 is 68.0 Å². The molecule has 0 aliphatic carbocycles. The molecule has 0 saturated carbocycles. The molecule has 0 N–H and O–H groups in total. The number of halogens is 2. The average molecular weight is 1070 g/mol. The van der Waals surface area contributed by atoms with Gasteiger partial charge >= 0.3 is 11.3 Å². The number of carbonyl (C=O) groups excluding carboxylic acids is 1. The van der Waals surface area contributed by atoms with Gasteiger partial charge in [-0.3, -0.25) is 4.79 Å². The second kappa shape index (κ2) is 23.0. The van der Waals surface area contributed by atoms with Crippen molar-refractivity contribution in [1.29, 1.82) is 0 Å². The number of thiazole rings is 2. The standard InChI is InChI=1S/C23H23N2O2S.C14H15NO3.C9H10NS.CH4.2HI.H/c1-4-25(5-2)18-12-10-16-14-17(23(26)27-20(16)15-18)11-13-22-24(3)19-8-6-7-9-21(19)28-22;1-3-15(4-2)12-6-5-10-7-11(9-16)14(17)18-13(10)8-12;1-7-10(2)8-5-3-4-6-9(8)11-7;;;;/h6-15H,4-5H2,1-3H3;5-9H,3-4H2,1-2H3;3-6H,1-2H3;1H4;2*1H;/q+1;;+1;;;;-1/p-2/i;;;;;;1+2. The van der Waals surface area contributed by atoms with Crippen LogP contribution in [-0.2, 0) is 14.1 Å². The largest absolute Gasteiger partial charge is 1.00 e. The maximum atomic E-state index is 12.5. The first-order valence-corrected chi connectivity index (χ1v) is 20.7. The van der Waals surface area contributed by atoms with Crippen LogP contribution in [0.15, 0.2) is 115 Å². The number of carbonyl (C=O) groups is 1. The third-order valence-corrected chi connectivity index (χ3v) is 12.3. The summed E-state index contributed by atoms with van der Waals surface area (Å²) in [5.41, 5.74) is 5.43. The summed E-state index contributed by atoms with van der Waals surface area (Å²) < 4.78 is 17.7. The molecule has 60 heavy (non-hydrogen) atoms. The van der Waals surface area contributed by atoms with Crippen molar-refractivity contribution in [2.75, 3.05) is 36.0 Å². The zero-order valence-corrected chi connectivity index (χ0v) is 40.1. The van der Waals surface area contributed by atoms with E-state index in [9.17, 15) is 14.4 Å². The summed E-state index contributed by atoms with van der Waals surface area (Å²) in [7, 11) is 4.14. The molecule has 0 atom stereocenters. The van der Waals surface area contributed by atoms with Crippen LogP contribution < -0.4 is 78.1 Å². The van der Waals surface area contributed by atoms with Crippen LogP contribution in [0.5, 0.6) is 0 Å². The monoisotopic (exact) mass is 1070 g/mol. The van der Waals surface area contributed by atoms with Crippen LogP contribution in [-0.4, -0.2) is 32.5 Å². The number of para-hydroxylation sites is 2. The molecule has 0 radical (unpaired) electrons. The molecule has 4 heterocycles. The van der Waals surface area contributed by atoms with Crippen LogP contribution in [0.1, 0.15) is 62.5 Å². The van der Waals surface area contributed by atoms with Crippen molar-refractivity contribution in [3.63, 3.8) is 0 Å². The minimum Gasteiger partial charge on any atom is -1.00 e. The van der Waals surface area contributed by atoms with Gasteiger partial charge in [-0.1, -0.05) is 54.4 Å². The van der Waals surface area contributed by atoms with Gasteiger partial charge in [-0.2, -0.15) is 9.13 Å². The highest BCUT2D eigenvalue weighted by atomic mass is 127. The summed E-state index contributed by atoms with van der Waals surface area (Å²) in [4.78, 5) is 39.0. The Morgan fingerprint density at radius 1 is 0.617 bits per heavy atom. The van der Waals surface area contributed by atoms with Gasteiger partial charge in [0.05, 0.1) is 5.56 Å². The highest BCUT2D eigenvalue weighted by Gasteiger charge is 2.15. The first kappa shape index (κ1) is 49.9. The minimum atomic E-state index is -0.589. The van der Waals surface area contributed by atoms with Crippen molar-refractivity contribution in [3.05, 3.63) is 139 Å². The maximum absolute atomic E-state index is 12.5. The normalized spacial score (nSPS) is 10.6. The van der Waals surface area contributed by atoms with Crippen molar-refractivity contribution in [2.24, 2.45) is 14.1 Å². The molecule has 0 aliphatic heterocycles. The number of aldehydes is 1. The van der Waals surface area contributed by atoms with Gasteiger partial charge in [0.25, 0.3) is 5.01 Å². The lowest BCUT2D eigenvalue weighted by molar-refractivity contribution is -0.646. The fourth-order valence-electron chi connectivity index (χ4n) is 6.65. The third kappa shape index (κ3) is 11.3. The Morgan fingerprint density at radius 3 is 1.53 bits per heavy atom. The smallest absolute Gasteiger partial charge is 0.346 e. The number of anilines is 2. The molecule has 0 saturated heterocycles. The zero-order valence-electron chi connectivity index (χ0n) is 35.2. The van der Waals surface area contributed by atoms with Crippen molar-refractivity contribution < 1.29 is 72.1 Å². The number of benzene rings is 4. The summed E-state index contributed by atoms with van der Waals surface area (Å²) in [5, 5.41) is 4.12. The van der Waals surface area contributed by atoms with Crippen LogP contribution in [0.2, 0.25) is 0 Å². The Bertz CT molecular complexity index is 2850. The van der Waals surface area contributed by atoms with E-state index in [-0.39, 0.29) is 68.0 Å². The van der Waals surface area contributed by atoms with E-state index in [1.807, 2.05) is 79.1 Å². The summed E-state index contributed by atoms with van der Waals surface area (Å²) in [5.74, 6) is 0. The van der Waals surface area contributed by atoms with Gasteiger partial charge in [0.15, 0.2) is 6.29 Å². The van der Waals surface area contributed by atoms with E-state index >= 15 is 0 Å². The molecule has 318 valence electrons. The molecule has 0 aliphatic rings. The van der Waals surface area contributed by atoms with Crippen LogP contribution in [0.3, 0.4) is 0 Å². The lowest BCUT2D eigenvalue weighted by atomic mass is 10.1. The molecule has 8 aromatic rings. The predicted molar refractivity (Wildman–Crippen MR) is 245 cm³/mol. The van der Waals surface area contributed by atoms with Crippen LogP contribution >= 0.6 is 22.7 Å². The van der Waals surface area contributed by atoms with E-state index in [1.165, 1.54) is 25.4 Å². The Balaban J connectivity index is 0.000000335. The number of fused-ring (bicyclic) bond motifs is 4. The third-order valence-electron chi connectivity index (χ3n) is 10.0. The number of aryl methyl sites for hydroxylation is 3. The molecule has 0 unspecified atom stereocenters. The SMILES string of the molecule is C.CCN(CC)c1ccc2cc(/C=C/c3sc4ccccc4[n+]3C)c(=O)oc2c1.CCN(CC)c1ccc2cc(C=O)c(=O)oc2c1.Cc1sc2ccccc2[n+]1C.[3H-].[I-].[I-]. The Labute approximate surface area is 395 Å². The van der Waals surface area contributed by atoms with Crippen molar-refractivity contribution in [2.45, 2.75) is 42.0 Å². The lowest BCUT2D eigenvalue weighted by Crippen LogP contribution is -3.00. The van der Waals surface area contributed by atoms with Gasteiger partial charge in [-0.15, -0.1) is 0 Å². The quantitative estimate of drug-likeness (QED) is 0.0933. The first-order valence-electron chi connectivity index (χ1n) is 19.1. The molecule has 0 amide bonds. The van der Waals surface area contributed by atoms with Crippen molar-refractivity contribution in [1.82, 2.24) is 0 Å². The topological polar surface area (TPSA) is 91.7 Å². The van der Waals surface area contributed by atoms with Gasteiger partial charge in [0.1, 0.15) is 40.2 Å². The summed E-state index contributed by atoms with van der Waals surface area (Å²) >= 11 is 3.54. The van der Waals surface area contributed by atoms with E-state index in [1.54, 1.807) is 17.4 Å². The maximum Gasteiger partial charge on any atom is 0.346 e. The predicted octanol–water partition coefficient (Wildman–Crippen LogP) is 4.09. The molecule has 9 nitrogen and oxygen atoms in total. The number of hydrogen-bond donors (Lipinski definition) is 0. The molecule has 0 fully saturated rings. The van der Waals surface area contributed by atoms with Crippen LogP contribution in [0.25, 0.3) is 54.5 Å². The first-order chi connectivity index (χ1) is 27.6. The molecular formula is C47H53I2N4O5S2-. The summed E-state index contributed by atoms with van der Waals surface area (Å²) in [6.07, 6.45) is 4.34. The van der Waals surface area contributed by atoms with Crippen LogP contribution in [0, 0.1) is 6.92 Å². The van der Waals surface area contributed by atoms with Gasteiger partial charge in [-0.25, -0.2) is 9.59 Å². The number of rotatable bonds is 9. The molecule has 13 heteroatoms. The number of aromatic nitrogens is 2. The van der Waals surface area contributed by atoms with E-state index < -0.39 is 5.63 Å². The second-order valence-electron chi connectivity index (χ2n) is 13.3. The Morgan fingerprint density at radius 2 is 1.07 bits per heavy atom. The summed E-state index contributed by atoms with van der Waals surface area (Å²) in [6.45, 7) is 14.1. The molecule has 4 aromatic heterocycles. The van der Waals surface area contributed by atoms with E-state index in [0.717, 1.165) is 53.3 Å². The van der Waals surface area contributed by atoms with Crippen molar-refractivity contribution >= 4 is 94.9 Å². The molecular weight excluding hydrogens is 1020 g/mol. The fourth-order valence-corrected chi connectivity index (χ4v) is 8.71. The van der Waals surface area contributed by atoms with Crippen molar-refractivity contribution in [3.8, 4) is 0 Å². The second-order valence-corrected chi connectivity index (χ2v) is 15.6. The van der Waals surface area contributed by atoms with Gasteiger partial charge in [-0.05, 0) is 82.3 Å². The number of hydrogen-bond acceptors (Lipinski definition) is 9. The minimum absolute atomic E-state index is 0. The summed E-state index contributed by atoms with van der Waals surface area (Å²) in [6, 6.07) is 31.9. The van der Waals surface area contributed by atoms with Gasteiger partial charge in [0, 0.05) is 85.6 Å². The zero-order chi connectivity index (χ0) is 40.6. The molecule has 0 spiro atoms. The fraction of sp³-hybridized carbons (Fsp3) is 0.255.